The molecule has 0 aliphatic rings. The van der Waals surface area contributed by atoms with Crippen molar-refractivity contribution in [2.45, 2.75) is 13.0 Å². The third-order valence-electron chi connectivity index (χ3n) is 2.55. The van der Waals surface area contributed by atoms with Gasteiger partial charge in [0.2, 0.25) is 0 Å². The lowest BCUT2D eigenvalue weighted by atomic mass is 10.2. The van der Waals surface area contributed by atoms with Crippen LogP contribution in [0.5, 0.6) is 0 Å². The van der Waals surface area contributed by atoms with E-state index in [-0.39, 0.29) is 17.6 Å². The SMILES string of the molecule is CC(CN)n1c(=O)[nH]c2ccc(F)c(F)c21. The predicted molar refractivity (Wildman–Crippen MR) is 56.2 cm³/mol. The summed E-state index contributed by atoms with van der Waals surface area (Å²) >= 11 is 0. The van der Waals surface area contributed by atoms with Gasteiger partial charge in [-0.25, -0.2) is 13.6 Å². The number of aromatic amines is 1. The number of aromatic nitrogens is 2. The van der Waals surface area contributed by atoms with Crippen molar-refractivity contribution in [2.75, 3.05) is 6.54 Å². The van der Waals surface area contributed by atoms with Crippen molar-refractivity contribution in [3.05, 3.63) is 34.3 Å². The van der Waals surface area contributed by atoms with Crippen LogP contribution < -0.4 is 11.4 Å². The van der Waals surface area contributed by atoms with Crippen LogP contribution in [0.2, 0.25) is 0 Å². The molecule has 0 radical (unpaired) electrons. The van der Waals surface area contributed by atoms with Crippen LogP contribution in [0.25, 0.3) is 11.0 Å². The van der Waals surface area contributed by atoms with E-state index < -0.39 is 23.4 Å². The Morgan fingerprint density at radius 2 is 2.19 bits per heavy atom. The standard InChI is InChI=1S/C10H11F2N3O/c1-5(4-13)15-9-7(14-10(15)16)3-2-6(11)8(9)12/h2-3,5H,4,13H2,1H3,(H,14,16). The molecule has 2 aromatic rings. The maximum Gasteiger partial charge on any atom is 0.326 e. The molecule has 1 atom stereocenters. The van der Waals surface area contributed by atoms with Gasteiger partial charge in [0.1, 0.15) is 5.52 Å². The summed E-state index contributed by atoms with van der Waals surface area (Å²) in [5.41, 5.74) is 5.13. The quantitative estimate of drug-likeness (QED) is 0.807. The van der Waals surface area contributed by atoms with E-state index in [1.807, 2.05) is 0 Å². The van der Waals surface area contributed by atoms with E-state index in [0.717, 1.165) is 10.6 Å². The van der Waals surface area contributed by atoms with Crippen molar-refractivity contribution in [1.82, 2.24) is 9.55 Å². The molecule has 16 heavy (non-hydrogen) atoms. The molecular weight excluding hydrogens is 216 g/mol. The van der Waals surface area contributed by atoms with Crippen molar-refractivity contribution in [1.29, 1.82) is 0 Å². The van der Waals surface area contributed by atoms with Crippen LogP contribution in [-0.2, 0) is 0 Å². The number of halogens is 2. The molecule has 0 aliphatic heterocycles. The van der Waals surface area contributed by atoms with Crippen molar-refractivity contribution >= 4 is 11.0 Å². The summed E-state index contributed by atoms with van der Waals surface area (Å²) in [5.74, 6) is -2.01. The molecule has 4 nitrogen and oxygen atoms in total. The van der Waals surface area contributed by atoms with Gasteiger partial charge in [-0.2, -0.15) is 0 Å². The van der Waals surface area contributed by atoms with Crippen molar-refractivity contribution in [3.63, 3.8) is 0 Å². The maximum atomic E-state index is 13.6. The number of hydrogen-bond acceptors (Lipinski definition) is 2. The number of nitrogens with one attached hydrogen (secondary N) is 1. The number of benzene rings is 1. The van der Waals surface area contributed by atoms with Crippen molar-refractivity contribution < 1.29 is 8.78 Å². The fourth-order valence-electron chi connectivity index (χ4n) is 1.68. The largest absolute Gasteiger partial charge is 0.328 e. The number of imidazole rings is 1. The predicted octanol–water partition coefficient (Wildman–Crippen LogP) is 1.13. The van der Waals surface area contributed by atoms with Crippen LogP contribution >= 0.6 is 0 Å². The minimum atomic E-state index is -1.03. The molecule has 86 valence electrons. The molecule has 1 aromatic carbocycles. The second-order valence-electron chi connectivity index (χ2n) is 3.64. The minimum absolute atomic E-state index is 0.0667. The Morgan fingerprint density at radius 1 is 1.50 bits per heavy atom. The molecule has 1 unspecified atom stereocenters. The number of hydrogen-bond donors (Lipinski definition) is 2. The van der Waals surface area contributed by atoms with Gasteiger partial charge in [-0.15, -0.1) is 0 Å². The summed E-state index contributed by atoms with van der Waals surface area (Å²) in [7, 11) is 0. The van der Waals surface area contributed by atoms with Gasteiger partial charge in [0, 0.05) is 12.6 Å². The highest BCUT2D eigenvalue weighted by Crippen LogP contribution is 2.20. The summed E-state index contributed by atoms with van der Waals surface area (Å²) in [6, 6.07) is 1.91. The molecule has 1 aromatic heterocycles. The van der Waals surface area contributed by atoms with Gasteiger partial charge in [0.05, 0.1) is 5.52 Å². The van der Waals surface area contributed by atoms with Gasteiger partial charge < -0.3 is 10.7 Å². The van der Waals surface area contributed by atoms with Gasteiger partial charge >= 0.3 is 5.69 Å². The van der Waals surface area contributed by atoms with Crippen LogP contribution in [0, 0.1) is 11.6 Å². The average molecular weight is 227 g/mol. The van der Waals surface area contributed by atoms with Crippen molar-refractivity contribution in [3.8, 4) is 0 Å². The minimum Gasteiger partial charge on any atom is -0.328 e. The monoisotopic (exact) mass is 227 g/mol. The molecule has 0 amide bonds. The topological polar surface area (TPSA) is 63.8 Å². The van der Waals surface area contributed by atoms with E-state index in [4.69, 9.17) is 5.73 Å². The number of nitrogens with zero attached hydrogens (tertiary/aromatic N) is 1. The number of nitrogens with two attached hydrogens (primary N) is 1. The highest BCUT2D eigenvalue weighted by Gasteiger charge is 2.17. The van der Waals surface area contributed by atoms with Crippen LogP contribution in [0.15, 0.2) is 16.9 Å². The normalized spacial score (nSPS) is 13.2. The molecule has 0 spiro atoms. The molecule has 6 heteroatoms. The van der Waals surface area contributed by atoms with E-state index >= 15 is 0 Å². The van der Waals surface area contributed by atoms with E-state index in [0.29, 0.717) is 0 Å². The van der Waals surface area contributed by atoms with Gasteiger partial charge in [0.15, 0.2) is 11.6 Å². The first-order chi connectivity index (χ1) is 7.56. The first-order valence-corrected chi connectivity index (χ1v) is 4.84. The average Bonchev–Trinajstić information content (AvgIpc) is 2.60. The van der Waals surface area contributed by atoms with Crippen LogP contribution in [0.3, 0.4) is 0 Å². The second-order valence-corrected chi connectivity index (χ2v) is 3.64. The van der Waals surface area contributed by atoms with Gasteiger partial charge in [0.25, 0.3) is 0 Å². The smallest absolute Gasteiger partial charge is 0.326 e. The Morgan fingerprint density at radius 3 is 2.81 bits per heavy atom. The van der Waals surface area contributed by atoms with E-state index in [9.17, 15) is 13.6 Å². The summed E-state index contributed by atoms with van der Waals surface area (Å²) in [4.78, 5) is 14.0. The fraction of sp³-hybridized carbons (Fsp3) is 0.300. The van der Waals surface area contributed by atoms with Gasteiger partial charge in [-0.3, -0.25) is 4.57 Å². The molecule has 0 aliphatic carbocycles. The van der Waals surface area contributed by atoms with Gasteiger partial charge in [-0.1, -0.05) is 0 Å². The molecule has 0 saturated carbocycles. The van der Waals surface area contributed by atoms with Crippen molar-refractivity contribution in [2.24, 2.45) is 5.73 Å². The lowest BCUT2D eigenvalue weighted by molar-refractivity contribution is 0.499. The lowest BCUT2D eigenvalue weighted by Crippen LogP contribution is -2.26. The van der Waals surface area contributed by atoms with E-state index in [1.165, 1.54) is 6.07 Å². The number of rotatable bonds is 2. The number of H-pyrrole nitrogens is 1. The van der Waals surface area contributed by atoms with E-state index in [2.05, 4.69) is 4.98 Å². The summed E-state index contributed by atoms with van der Waals surface area (Å²) in [5, 5.41) is 0. The Labute approximate surface area is 89.7 Å². The first-order valence-electron chi connectivity index (χ1n) is 4.84. The molecule has 2 rings (SSSR count). The molecule has 0 fully saturated rings. The lowest BCUT2D eigenvalue weighted by Gasteiger charge is -2.10. The zero-order valence-corrected chi connectivity index (χ0v) is 8.63. The molecule has 3 N–H and O–H groups in total. The fourth-order valence-corrected chi connectivity index (χ4v) is 1.68. The Hall–Kier alpha value is -1.69. The second kappa shape index (κ2) is 3.71. The Bertz CT molecular complexity index is 587. The highest BCUT2D eigenvalue weighted by atomic mass is 19.2. The third-order valence-corrected chi connectivity index (χ3v) is 2.55. The zero-order chi connectivity index (χ0) is 11.9. The van der Waals surface area contributed by atoms with Gasteiger partial charge in [-0.05, 0) is 19.1 Å². The summed E-state index contributed by atoms with van der Waals surface area (Å²) in [6.45, 7) is 1.84. The maximum absolute atomic E-state index is 13.6. The molecule has 0 saturated heterocycles. The Kier molecular flexibility index (Phi) is 2.51. The number of fused-ring (bicyclic) bond motifs is 1. The zero-order valence-electron chi connectivity index (χ0n) is 8.63. The summed E-state index contributed by atoms with van der Waals surface area (Å²) in [6.07, 6.45) is 0. The molecule has 0 bridgehead atoms. The molecule has 1 heterocycles. The Balaban J connectivity index is 2.87. The van der Waals surface area contributed by atoms with Crippen LogP contribution in [-0.4, -0.2) is 16.1 Å². The highest BCUT2D eigenvalue weighted by molar-refractivity contribution is 5.76. The van der Waals surface area contributed by atoms with Crippen LogP contribution in [0.1, 0.15) is 13.0 Å². The summed E-state index contributed by atoms with van der Waals surface area (Å²) < 4.78 is 27.8. The van der Waals surface area contributed by atoms with E-state index in [1.54, 1.807) is 6.92 Å². The molecular formula is C10H11F2N3O. The van der Waals surface area contributed by atoms with Crippen LogP contribution in [0.4, 0.5) is 8.78 Å². The first kappa shape index (κ1) is 10.8. The third kappa shape index (κ3) is 1.42.